The van der Waals surface area contributed by atoms with Crippen LogP contribution in [0.25, 0.3) is 44.2 Å². The number of benzene rings is 7. The summed E-state index contributed by atoms with van der Waals surface area (Å²) in [6.45, 7) is 9.12. The molecule has 0 bridgehead atoms. The van der Waals surface area contributed by atoms with Crippen molar-refractivity contribution in [2.45, 2.75) is 162 Å². The quantitative estimate of drug-likeness (QED) is 0.0579. The molecule has 0 fully saturated rings. The van der Waals surface area contributed by atoms with E-state index in [0.717, 1.165) is 0 Å². The normalized spacial score (nSPS) is 13.3. The Balaban J connectivity index is 1.01. The van der Waals surface area contributed by atoms with E-state index in [1.165, 1.54) is 212 Å². The van der Waals surface area contributed by atoms with Crippen molar-refractivity contribution in [3.63, 3.8) is 0 Å². The summed E-state index contributed by atoms with van der Waals surface area (Å²) in [6, 6.07) is 54.0. The van der Waals surface area contributed by atoms with Gasteiger partial charge in [-0.15, -0.1) is 0 Å². The second kappa shape index (κ2) is 21.5. The lowest BCUT2D eigenvalue weighted by Crippen LogP contribution is -2.25. The van der Waals surface area contributed by atoms with Crippen LogP contribution in [0.5, 0.6) is 0 Å². The molecule has 1 nitrogen and oxygen atoms in total. The number of aryl methyl sites for hydroxylation is 4. The highest BCUT2D eigenvalue weighted by Gasteiger charge is 2.42. The molecule has 0 aromatic heterocycles. The van der Waals surface area contributed by atoms with Gasteiger partial charge in [0.2, 0.25) is 0 Å². The first-order valence-electron chi connectivity index (χ1n) is 26.3. The van der Waals surface area contributed by atoms with Gasteiger partial charge in [-0.2, -0.15) is 0 Å². The molecule has 7 aromatic carbocycles. The van der Waals surface area contributed by atoms with Gasteiger partial charge >= 0.3 is 0 Å². The molecule has 66 heavy (non-hydrogen) atoms. The number of fused-ring (bicyclic) bond motifs is 6. The van der Waals surface area contributed by atoms with Crippen LogP contribution in [-0.2, 0) is 18.3 Å². The van der Waals surface area contributed by atoms with Crippen LogP contribution in [0.2, 0.25) is 0 Å². The predicted octanol–water partition coefficient (Wildman–Crippen LogP) is 19.7. The second-order valence-electron chi connectivity index (χ2n) is 20.2. The lowest BCUT2D eigenvalue weighted by atomic mass is 9.70. The van der Waals surface area contributed by atoms with Crippen LogP contribution in [0.15, 0.2) is 140 Å². The molecule has 0 spiro atoms. The maximum Gasteiger partial charge on any atom is 0.0462 e. The van der Waals surface area contributed by atoms with Crippen LogP contribution < -0.4 is 4.90 Å². The molecule has 2 aliphatic rings. The molecule has 0 saturated carbocycles. The highest BCUT2D eigenvalue weighted by Crippen LogP contribution is 2.55. The fraction of sp³-hybridized carbons (Fsp3) is 0.385. The smallest absolute Gasteiger partial charge is 0.0462 e. The Bertz CT molecular complexity index is 2660. The van der Waals surface area contributed by atoms with Gasteiger partial charge in [-0.3, -0.25) is 0 Å². The standard InChI is InChI=1S/C65H75N/c1-5-7-9-11-13-15-17-21-43-65(44-22-18-16-14-12-10-8-6-2)63-45-49(4)27-40-60(63)61-42-32-52(47-64(61)65)50-28-36-55(37-29-50)66(54-34-25-48(3)26-35-54)56-38-30-51(31-39-56)62-46-53-33-41-57(53)58-23-19-20-24-59(58)62/h19-20,23-32,34-40,42,45-47H,5-18,21-22,33,41,43-44H2,1-4H3. The third-order valence-corrected chi connectivity index (χ3v) is 15.5. The van der Waals surface area contributed by atoms with E-state index >= 15 is 0 Å². The SMILES string of the molecule is CCCCCCCCCCC1(CCCCCCCCCC)c2cc(C)ccc2-c2ccc(-c3ccc(N(c4ccc(C)cc4)c4ccc(-c5cc6c(c7ccccc57)CC6)cc4)cc3)cc21. The van der Waals surface area contributed by atoms with Crippen molar-refractivity contribution in [3.05, 3.63) is 173 Å². The van der Waals surface area contributed by atoms with Gasteiger partial charge in [-0.05, 0) is 148 Å². The summed E-state index contributed by atoms with van der Waals surface area (Å²) in [5.41, 5.74) is 20.7. The van der Waals surface area contributed by atoms with Gasteiger partial charge in [0.15, 0.2) is 0 Å². The van der Waals surface area contributed by atoms with Crippen LogP contribution in [0.3, 0.4) is 0 Å². The lowest BCUT2D eigenvalue weighted by molar-refractivity contribution is 0.397. The Labute approximate surface area is 398 Å². The first-order chi connectivity index (χ1) is 32.5. The fourth-order valence-electron chi connectivity index (χ4n) is 11.6. The van der Waals surface area contributed by atoms with Crippen LogP contribution in [0.1, 0.15) is 163 Å². The van der Waals surface area contributed by atoms with Crippen molar-refractivity contribution >= 4 is 27.8 Å². The Hall–Kier alpha value is -5.40. The number of unbranched alkanes of at least 4 members (excludes halogenated alkanes) is 14. The van der Waals surface area contributed by atoms with Crippen molar-refractivity contribution in [1.82, 2.24) is 0 Å². The third-order valence-electron chi connectivity index (χ3n) is 15.5. The molecular weight excluding hydrogens is 795 g/mol. The van der Waals surface area contributed by atoms with Crippen molar-refractivity contribution < 1.29 is 0 Å². The lowest BCUT2D eigenvalue weighted by Gasteiger charge is -2.33. The second-order valence-corrected chi connectivity index (χ2v) is 20.2. The van der Waals surface area contributed by atoms with E-state index in [1.807, 2.05) is 0 Å². The first kappa shape index (κ1) is 45.7. The van der Waals surface area contributed by atoms with Crippen molar-refractivity contribution in [1.29, 1.82) is 0 Å². The van der Waals surface area contributed by atoms with E-state index in [1.54, 1.807) is 11.1 Å². The molecule has 1 heteroatoms. The van der Waals surface area contributed by atoms with Crippen molar-refractivity contribution in [3.8, 4) is 33.4 Å². The Morgan fingerprint density at radius 2 is 0.864 bits per heavy atom. The highest BCUT2D eigenvalue weighted by atomic mass is 15.1. The van der Waals surface area contributed by atoms with Crippen LogP contribution in [0.4, 0.5) is 17.1 Å². The number of anilines is 3. The Kier molecular flexibility index (Phi) is 14.9. The number of nitrogens with zero attached hydrogens (tertiary/aromatic N) is 1. The minimum Gasteiger partial charge on any atom is -0.311 e. The Morgan fingerprint density at radius 3 is 1.42 bits per heavy atom. The summed E-state index contributed by atoms with van der Waals surface area (Å²) in [7, 11) is 0. The predicted molar refractivity (Wildman–Crippen MR) is 287 cm³/mol. The van der Waals surface area contributed by atoms with E-state index < -0.39 is 0 Å². The van der Waals surface area contributed by atoms with Gasteiger partial charge < -0.3 is 4.90 Å². The van der Waals surface area contributed by atoms with Crippen LogP contribution in [-0.4, -0.2) is 0 Å². The maximum atomic E-state index is 2.62. The van der Waals surface area contributed by atoms with Gasteiger partial charge in [0.1, 0.15) is 0 Å². The van der Waals surface area contributed by atoms with Crippen molar-refractivity contribution in [2.24, 2.45) is 0 Å². The highest BCUT2D eigenvalue weighted by molar-refractivity contribution is 6.00. The summed E-state index contributed by atoms with van der Waals surface area (Å²) in [6.07, 6.45) is 26.7. The molecule has 2 aliphatic carbocycles. The Morgan fingerprint density at radius 1 is 0.394 bits per heavy atom. The molecule has 0 unspecified atom stereocenters. The molecule has 0 atom stereocenters. The summed E-state index contributed by atoms with van der Waals surface area (Å²) < 4.78 is 0. The molecule has 0 saturated heterocycles. The average Bonchev–Trinajstić information content (AvgIpc) is 3.59. The molecule has 0 N–H and O–H groups in total. The molecule has 0 amide bonds. The molecule has 0 radical (unpaired) electrons. The minimum atomic E-state index is 0.0678. The zero-order valence-electron chi connectivity index (χ0n) is 40.9. The summed E-state index contributed by atoms with van der Waals surface area (Å²) in [5.74, 6) is 0. The third kappa shape index (κ3) is 9.83. The fourth-order valence-corrected chi connectivity index (χ4v) is 11.6. The largest absolute Gasteiger partial charge is 0.311 e. The molecule has 0 heterocycles. The van der Waals surface area contributed by atoms with E-state index in [0.29, 0.717) is 0 Å². The summed E-state index contributed by atoms with van der Waals surface area (Å²) >= 11 is 0. The molecule has 340 valence electrons. The van der Waals surface area contributed by atoms with E-state index in [2.05, 4.69) is 172 Å². The number of hydrogen-bond donors (Lipinski definition) is 0. The topological polar surface area (TPSA) is 3.24 Å². The zero-order chi connectivity index (χ0) is 45.3. The van der Waals surface area contributed by atoms with Crippen LogP contribution >= 0.6 is 0 Å². The minimum absolute atomic E-state index is 0.0678. The van der Waals surface area contributed by atoms with Crippen LogP contribution in [0, 0.1) is 13.8 Å². The number of hydrogen-bond acceptors (Lipinski definition) is 1. The first-order valence-corrected chi connectivity index (χ1v) is 26.3. The molecule has 9 rings (SSSR count). The van der Waals surface area contributed by atoms with E-state index in [9.17, 15) is 0 Å². The number of rotatable bonds is 23. The maximum absolute atomic E-state index is 2.62. The molecular formula is C65H75N. The monoisotopic (exact) mass is 870 g/mol. The van der Waals surface area contributed by atoms with Crippen molar-refractivity contribution in [2.75, 3.05) is 4.90 Å². The average molecular weight is 870 g/mol. The van der Waals surface area contributed by atoms with Gasteiger partial charge in [-0.1, -0.05) is 225 Å². The van der Waals surface area contributed by atoms with Gasteiger partial charge in [-0.25, -0.2) is 0 Å². The summed E-state index contributed by atoms with van der Waals surface area (Å²) in [4.78, 5) is 2.42. The molecule has 7 aromatic rings. The van der Waals surface area contributed by atoms with E-state index in [-0.39, 0.29) is 5.41 Å². The van der Waals surface area contributed by atoms with E-state index in [4.69, 9.17) is 0 Å². The van der Waals surface area contributed by atoms with Gasteiger partial charge in [0.25, 0.3) is 0 Å². The molecule has 0 aliphatic heterocycles. The van der Waals surface area contributed by atoms with Gasteiger partial charge in [0.05, 0.1) is 0 Å². The van der Waals surface area contributed by atoms with Gasteiger partial charge in [0, 0.05) is 22.5 Å². The zero-order valence-corrected chi connectivity index (χ0v) is 40.9. The summed E-state index contributed by atoms with van der Waals surface area (Å²) in [5, 5.41) is 2.78.